The summed E-state index contributed by atoms with van der Waals surface area (Å²) in [6.07, 6.45) is 0. The Kier molecular flexibility index (Phi) is 7.81. The Morgan fingerprint density at radius 2 is 1.77 bits per heavy atom. The minimum Gasteiger partial charge on any atom is -0.481 e. The van der Waals surface area contributed by atoms with Crippen molar-refractivity contribution in [1.82, 2.24) is 0 Å². The first-order valence-corrected chi connectivity index (χ1v) is 11.3. The zero-order chi connectivity index (χ0) is 21.7. The molecular formula is C23H21Br2ClN2O2. The fourth-order valence-electron chi connectivity index (χ4n) is 2.89. The van der Waals surface area contributed by atoms with Crippen LogP contribution in [0.3, 0.4) is 0 Å². The summed E-state index contributed by atoms with van der Waals surface area (Å²) < 4.78 is 7.27. The summed E-state index contributed by atoms with van der Waals surface area (Å²) in [6, 6.07) is 17.3. The number of amides is 1. The Morgan fingerprint density at radius 1 is 1.03 bits per heavy atom. The summed E-state index contributed by atoms with van der Waals surface area (Å²) in [4.78, 5) is 12.2. The van der Waals surface area contributed by atoms with Crippen molar-refractivity contribution in [3.05, 3.63) is 85.3 Å². The second-order valence-electron chi connectivity index (χ2n) is 6.91. The molecule has 156 valence electrons. The molecule has 4 nitrogen and oxygen atoms in total. The van der Waals surface area contributed by atoms with Crippen LogP contribution in [0, 0.1) is 13.8 Å². The molecule has 3 rings (SSSR count). The number of anilines is 2. The van der Waals surface area contributed by atoms with Crippen LogP contribution in [-0.4, -0.2) is 12.5 Å². The topological polar surface area (TPSA) is 50.4 Å². The first-order valence-electron chi connectivity index (χ1n) is 9.29. The highest BCUT2D eigenvalue weighted by atomic mass is 79.9. The first kappa shape index (κ1) is 22.7. The van der Waals surface area contributed by atoms with Gasteiger partial charge in [0.2, 0.25) is 0 Å². The lowest BCUT2D eigenvalue weighted by Gasteiger charge is -2.14. The van der Waals surface area contributed by atoms with Crippen LogP contribution in [0.25, 0.3) is 0 Å². The predicted octanol–water partition coefficient (Wildman–Crippen LogP) is 7.11. The van der Waals surface area contributed by atoms with Gasteiger partial charge in [0.05, 0.1) is 8.95 Å². The molecule has 0 heterocycles. The average molecular weight is 553 g/mol. The van der Waals surface area contributed by atoms with Gasteiger partial charge in [-0.05, 0) is 98.8 Å². The highest BCUT2D eigenvalue weighted by Gasteiger charge is 2.12. The van der Waals surface area contributed by atoms with Crippen LogP contribution >= 0.6 is 43.5 Å². The van der Waals surface area contributed by atoms with Crippen LogP contribution in [-0.2, 0) is 11.3 Å². The van der Waals surface area contributed by atoms with E-state index in [-0.39, 0.29) is 12.5 Å². The van der Waals surface area contributed by atoms with Crippen molar-refractivity contribution in [2.45, 2.75) is 20.4 Å². The molecule has 3 aromatic carbocycles. The molecule has 0 atom stereocenters. The van der Waals surface area contributed by atoms with Crippen LogP contribution < -0.4 is 15.4 Å². The number of aryl methyl sites for hydroxylation is 2. The van der Waals surface area contributed by atoms with E-state index in [0.717, 1.165) is 37.0 Å². The normalized spacial score (nSPS) is 10.6. The molecule has 3 aromatic rings. The Bertz CT molecular complexity index is 1050. The fourth-order valence-corrected chi connectivity index (χ4v) is 4.57. The number of carbonyl (C=O) groups is 1. The molecule has 30 heavy (non-hydrogen) atoms. The zero-order valence-corrected chi connectivity index (χ0v) is 20.5. The lowest BCUT2D eigenvalue weighted by Crippen LogP contribution is -2.20. The summed E-state index contributed by atoms with van der Waals surface area (Å²) in [5.74, 6) is 0.360. The van der Waals surface area contributed by atoms with E-state index in [0.29, 0.717) is 17.3 Å². The highest BCUT2D eigenvalue weighted by molar-refractivity contribution is 9.11. The Hall–Kier alpha value is -2.02. The van der Waals surface area contributed by atoms with Gasteiger partial charge < -0.3 is 15.4 Å². The van der Waals surface area contributed by atoms with Crippen molar-refractivity contribution in [3.63, 3.8) is 0 Å². The van der Waals surface area contributed by atoms with Crippen molar-refractivity contribution in [1.29, 1.82) is 0 Å². The second kappa shape index (κ2) is 10.3. The molecule has 0 aliphatic heterocycles. The Labute approximate surface area is 198 Å². The summed E-state index contributed by atoms with van der Waals surface area (Å²) in [7, 11) is 0. The summed E-state index contributed by atoms with van der Waals surface area (Å²) in [5, 5.41) is 6.92. The maximum absolute atomic E-state index is 12.2. The third-order valence-electron chi connectivity index (χ3n) is 4.39. The van der Waals surface area contributed by atoms with Crippen LogP contribution in [0.15, 0.2) is 63.5 Å². The molecular weight excluding hydrogens is 532 g/mol. The van der Waals surface area contributed by atoms with Crippen molar-refractivity contribution in [2.24, 2.45) is 0 Å². The van der Waals surface area contributed by atoms with E-state index in [9.17, 15) is 4.79 Å². The van der Waals surface area contributed by atoms with Gasteiger partial charge in [-0.2, -0.15) is 0 Å². The molecule has 1 amide bonds. The molecule has 0 saturated carbocycles. The molecule has 0 aliphatic rings. The fraction of sp³-hybridized carbons (Fsp3) is 0.174. The molecule has 0 aromatic heterocycles. The lowest BCUT2D eigenvalue weighted by molar-refractivity contribution is -0.118. The lowest BCUT2D eigenvalue weighted by atomic mass is 10.1. The maximum atomic E-state index is 12.2. The standard InChI is InChI=1S/C23H21Br2ClN2O2/c1-14-4-3-5-18(8-14)28-22(29)13-30-23-19(24)9-16(10-20(23)25)12-27-21-11-17(26)7-6-15(21)2/h3-11,27H,12-13H2,1-2H3,(H,28,29). The number of ether oxygens (including phenoxy) is 1. The largest absolute Gasteiger partial charge is 0.481 e. The van der Waals surface area contributed by atoms with Crippen molar-refractivity contribution < 1.29 is 9.53 Å². The zero-order valence-electron chi connectivity index (χ0n) is 16.6. The van der Waals surface area contributed by atoms with E-state index < -0.39 is 0 Å². The van der Waals surface area contributed by atoms with Crippen LogP contribution in [0.4, 0.5) is 11.4 Å². The number of halogens is 3. The van der Waals surface area contributed by atoms with Gasteiger partial charge in [0.15, 0.2) is 6.61 Å². The molecule has 0 radical (unpaired) electrons. The van der Waals surface area contributed by atoms with Crippen LogP contribution in [0.1, 0.15) is 16.7 Å². The van der Waals surface area contributed by atoms with Gasteiger partial charge in [0.1, 0.15) is 5.75 Å². The second-order valence-corrected chi connectivity index (χ2v) is 9.05. The average Bonchev–Trinajstić information content (AvgIpc) is 2.68. The van der Waals surface area contributed by atoms with E-state index in [2.05, 4.69) is 42.5 Å². The van der Waals surface area contributed by atoms with Crippen molar-refractivity contribution in [2.75, 3.05) is 17.2 Å². The third-order valence-corrected chi connectivity index (χ3v) is 5.80. The minimum absolute atomic E-state index is 0.0928. The maximum Gasteiger partial charge on any atom is 0.262 e. The monoisotopic (exact) mass is 550 g/mol. The van der Waals surface area contributed by atoms with Gasteiger partial charge in [-0.15, -0.1) is 0 Å². The molecule has 0 fully saturated rings. The summed E-state index contributed by atoms with van der Waals surface area (Å²) >= 11 is 13.2. The van der Waals surface area contributed by atoms with Crippen LogP contribution in [0.2, 0.25) is 5.02 Å². The first-order chi connectivity index (χ1) is 14.3. The van der Waals surface area contributed by atoms with E-state index >= 15 is 0 Å². The molecule has 0 spiro atoms. The SMILES string of the molecule is Cc1cccc(NC(=O)COc2c(Br)cc(CNc3cc(Cl)ccc3C)cc2Br)c1. The molecule has 7 heteroatoms. The molecule has 2 N–H and O–H groups in total. The number of hydrogen-bond acceptors (Lipinski definition) is 3. The van der Waals surface area contributed by atoms with Gasteiger partial charge in [-0.1, -0.05) is 29.8 Å². The number of hydrogen-bond donors (Lipinski definition) is 2. The predicted molar refractivity (Wildman–Crippen MR) is 131 cm³/mol. The Balaban J connectivity index is 1.61. The smallest absolute Gasteiger partial charge is 0.262 e. The molecule has 0 bridgehead atoms. The van der Waals surface area contributed by atoms with Gasteiger partial charge in [-0.25, -0.2) is 0 Å². The number of rotatable bonds is 7. The van der Waals surface area contributed by atoms with Crippen molar-refractivity contribution >= 4 is 60.7 Å². The van der Waals surface area contributed by atoms with Crippen molar-refractivity contribution in [3.8, 4) is 5.75 Å². The molecule has 0 unspecified atom stereocenters. The van der Waals surface area contributed by atoms with Crippen LogP contribution in [0.5, 0.6) is 5.75 Å². The van der Waals surface area contributed by atoms with Gasteiger partial charge in [0, 0.05) is 22.9 Å². The van der Waals surface area contributed by atoms with E-state index in [1.54, 1.807) is 0 Å². The van der Waals surface area contributed by atoms with E-state index in [4.69, 9.17) is 16.3 Å². The summed E-state index contributed by atoms with van der Waals surface area (Å²) in [6.45, 7) is 4.53. The minimum atomic E-state index is -0.221. The highest BCUT2D eigenvalue weighted by Crippen LogP contribution is 2.35. The molecule has 0 aliphatic carbocycles. The number of carbonyl (C=O) groups excluding carboxylic acids is 1. The van der Waals surface area contributed by atoms with Gasteiger partial charge >= 0.3 is 0 Å². The van der Waals surface area contributed by atoms with Gasteiger partial charge in [0.25, 0.3) is 5.91 Å². The van der Waals surface area contributed by atoms with Gasteiger partial charge in [-0.3, -0.25) is 4.79 Å². The third kappa shape index (κ3) is 6.24. The molecule has 0 saturated heterocycles. The summed E-state index contributed by atoms with van der Waals surface area (Å²) in [5.41, 5.74) is 4.99. The number of benzene rings is 3. The van der Waals surface area contributed by atoms with E-state index in [1.165, 1.54) is 0 Å². The number of nitrogens with one attached hydrogen (secondary N) is 2. The quantitative estimate of drug-likeness (QED) is 0.328. The van der Waals surface area contributed by atoms with E-state index in [1.807, 2.05) is 68.4 Å². The Morgan fingerprint density at radius 3 is 2.47 bits per heavy atom.